The molecule has 0 spiro atoms. The fourth-order valence-electron chi connectivity index (χ4n) is 1.83. The standard InChI is InChI=1S/C17H16Cl2O/c1-12(2)20-17-10-6-3-7-13(17)11-16(19)14-8-4-5-9-15(14)18/h3-12H,1-2H3. The van der Waals surface area contributed by atoms with E-state index in [1.807, 2.05) is 68.5 Å². The molecule has 0 N–H and O–H groups in total. The van der Waals surface area contributed by atoms with Gasteiger partial charge in [0, 0.05) is 16.1 Å². The monoisotopic (exact) mass is 306 g/mol. The highest BCUT2D eigenvalue weighted by molar-refractivity contribution is 6.53. The maximum Gasteiger partial charge on any atom is 0.126 e. The van der Waals surface area contributed by atoms with E-state index >= 15 is 0 Å². The Labute approximate surface area is 129 Å². The van der Waals surface area contributed by atoms with E-state index in [0.717, 1.165) is 16.9 Å². The summed E-state index contributed by atoms with van der Waals surface area (Å²) in [5, 5.41) is 1.23. The molecule has 0 aliphatic heterocycles. The molecule has 0 aliphatic rings. The van der Waals surface area contributed by atoms with E-state index in [-0.39, 0.29) is 6.10 Å². The fraction of sp³-hybridized carbons (Fsp3) is 0.176. The molecule has 20 heavy (non-hydrogen) atoms. The van der Waals surface area contributed by atoms with Crippen molar-refractivity contribution in [1.29, 1.82) is 0 Å². The molecule has 0 amide bonds. The topological polar surface area (TPSA) is 9.23 Å². The highest BCUT2D eigenvalue weighted by Crippen LogP contribution is 2.31. The van der Waals surface area contributed by atoms with Crippen LogP contribution in [-0.2, 0) is 0 Å². The number of halogens is 2. The van der Waals surface area contributed by atoms with Crippen LogP contribution < -0.4 is 4.74 Å². The Morgan fingerprint density at radius 3 is 2.40 bits per heavy atom. The third-order valence-corrected chi connectivity index (χ3v) is 3.34. The summed E-state index contributed by atoms with van der Waals surface area (Å²) in [6.07, 6.45) is 1.99. The van der Waals surface area contributed by atoms with Crippen molar-refractivity contribution in [3.8, 4) is 5.75 Å². The first kappa shape index (κ1) is 15.0. The fourth-order valence-corrected chi connectivity index (χ4v) is 2.40. The van der Waals surface area contributed by atoms with Gasteiger partial charge in [-0.05, 0) is 32.1 Å². The summed E-state index contributed by atoms with van der Waals surface area (Å²) in [5.41, 5.74) is 1.75. The van der Waals surface area contributed by atoms with Gasteiger partial charge in [0.1, 0.15) is 5.75 Å². The van der Waals surface area contributed by atoms with E-state index < -0.39 is 0 Å². The van der Waals surface area contributed by atoms with Crippen LogP contribution in [0.2, 0.25) is 5.02 Å². The van der Waals surface area contributed by atoms with Crippen LogP contribution in [0.5, 0.6) is 5.75 Å². The molecule has 0 unspecified atom stereocenters. The van der Waals surface area contributed by atoms with E-state index in [2.05, 4.69) is 0 Å². The number of benzene rings is 2. The Bertz CT molecular complexity index is 618. The van der Waals surface area contributed by atoms with Crippen molar-refractivity contribution in [3.05, 3.63) is 64.7 Å². The first-order valence-electron chi connectivity index (χ1n) is 6.45. The molecule has 0 atom stereocenters. The Balaban J connectivity index is 2.38. The van der Waals surface area contributed by atoms with Gasteiger partial charge in [0.2, 0.25) is 0 Å². The average Bonchev–Trinajstić information content (AvgIpc) is 2.41. The van der Waals surface area contributed by atoms with Crippen LogP contribution in [0.15, 0.2) is 48.5 Å². The second kappa shape index (κ2) is 6.83. The molecule has 0 aliphatic carbocycles. The quantitative estimate of drug-likeness (QED) is 0.642. The predicted octanol–water partition coefficient (Wildman–Crippen LogP) is 5.86. The van der Waals surface area contributed by atoms with Gasteiger partial charge in [-0.2, -0.15) is 0 Å². The predicted molar refractivity (Wildman–Crippen MR) is 87.4 cm³/mol. The van der Waals surface area contributed by atoms with E-state index in [1.165, 1.54) is 0 Å². The van der Waals surface area contributed by atoms with Crippen LogP contribution in [0.25, 0.3) is 11.1 Å². The lowest BCUT2D eigenvalue weighted by molar-refractivity contribution is 0.242. The molecule has 2 aromatic carbocycles. The van der Waals surface area contributed by atoms with Gasteiger partial charge in [0.25, 0.3) is 0 Å². The molecule has 0 saturated carbocycles. The van der Waals surface area contributed by atoms with E-state index in [1.54, 1.807) is 0 Å². The number of hydrogen-bond acceptors (Lipinski definition) is 1. The summed E-state index contributed by atoms with van der Waals surface area (Å²) in [5.74, 6) is 0.813. The van der Waals surface area contributed by atoms with Crippen molar-refractivity contribution < 1.29 is 4.74 Å². The Morgan fingerprint density at radius 1 is 1.05 bits per heavy atom. The maximum atomic E-state index is 6.38. The first-order valence-corrected chi connectivity index (χ1v) is 7.21. The summed E-state index contributed by atoms with van der Waals surface area (Å²) in [6.45, 7) is 3.99. The van der Waals surface area contributed by atoms with E-state index in [0.29, 0.717) is 10.1 Å². The van der Waals surface area contributed by atoms with Gasteiger partial charge in [0.05, 0.1) is 11.1 Å². The zero-order valence-corrected chi connectivity index (χ0v) is 12.9. The summed E-state index contributed by atoms with van der Waals surface area (Å²) in [6, 6.07) is 15.3. The normalized spacial score (nSPS) is 11.8. The molecule has 104 valence electrons. The van der Waals surface area contributed by atoms with Crippen LogP contribution in [0, 0.1) is 0 Å². The molecular formula is C17H16Cl2O. The lowest BCUT2D eigenvalue weighted by Gasteiger charge is -2.12. The minimum Gasteiger partial charge on any atom is -0.490 e. The van der Waals surface area contributed by atoms with Gasteiger partial charge in [-0.1, -0.05) is 59.6 Å². The van der Waals surface area contributed by atoms with Crippen LogP contribution in [0.3, 0.4) is 0 Å². The molecule has 2 rings (SSSR count). The number of hydrogen-bond donors (Lipinski definition) is 0. The van der Waals surface area contributed by atoms with Crippen molar-refractivity contribution >= 4 is 34.3 Å². The van der Waals surface area contributed by atoms with Crippen molar-refractivity contribution in [1.82, 2.24) is 0 Å². The van der Waals surface area contributed by atoms with Crippen LogP contribution in [-0.4, -0.2) is 6.10 Å². The number of para-hydroxylation sites is 1. The molecule has 1 nitrogen and oxygen atoms in total. The first-order chi connectivity index (χ1) is 9.58. The number of rotatable bonds is 4. The molecular weight excluding hydrogens is 291 g/mol. The highest BCUT2D eigenvalue weighted by atomic mass is 35.5. The van der Waals surface area contributed by atoms with Gasteiger partial charge in [-0.25, -0.2) is 0 Å². The number of ether oxygens (including phenoxy) is 1. The van der Waals surface area contributed by atoms with Crippen molar-refractivity contribution in [2.75, 3.05) is 0 Å². The lowest BCUT2D eigenvalue weighted by Crippen LogP contribution is -2.06. The van der Waals surface area contributed by atoms with Crippen molar-refractivity contribution in [2.45, 2.75) is 20.0 Å². The molecule has 0 aromatic heterocycles. The average molecular weight is 307 g/mol. The Kier molecular flexibility index (Phi) is 5.11. The van der Waals surface area contributed by atoms with Crippen LogP contribution in [0.4, 0.5) is 0 Å². The third kappa shape index (κ3) is 3.78. The highest BCUT2D eigenvalue weighted by Gasteiger charge is 2.07. The van der Waals surface area contributed by atoms with Gasteiger partial charge < -0.3 is 4.74 Å². The van der Waals surface area contributed by atoms with Crippen LogP contribution >= 0.6 is 23.2 Å². The lowest BCUT2D eigenvalue weighted by atomic mass is 10.1. The Morgan fingerprint density at radius 2 is 1.70 bits per heavy atom. The minimum atomic E-state index is 0.114. The van der Waals surface area contributed by atoms with E-state index in [4.69, 9.17) is 27.9 Å². The molecule has 3 heteroatoms. The minimum absolute atomic E-state index is 0.114. The third-order valence-electron chi connectivity index (χ3n) is 2.70. The Hall–Kier alpha value is -1.44. The molecule has 2 aromatic rings. The maximum absolute atomic E-state index is 6.38. The molecule has 0 radical (unpaired) electrons. The van der Waals surface area contributed by atoms with Crippen molar-refractivity contribution in [3.63, 3.8) is 0 Å². The SMILES string of the molecule is CC(C)Oc1ccccc1C=C(Cl)c1ccccc1Cl. The van der Waals surface area contributed by atoms with Gasteiger partial charge >= 0.3 is 0 Å². The summed E-state index contributed by atoms with van der Waals surface area (Å²) in [4.78, 5) is 0. The van der Waals surface area contributed by atoms with Crippen LogP contribution in [0.1, 0.15) is 25.0 Å². The van der Waals surface area contributed by atoms with Crippen molar-refractivity contribution in [2.24, 2.45) is 0 Å². The zero-order valence-electron chi connectivity index (χ0n) is 11.4. The smallest absolute Gasteiger partial charge is 0.126 e. The van der Waals surface area contributed by atoms with Gasteiger partial charge in [0.15, 0.2) is 0 Å². The largest absolute Gasteiger partial charge is 0.490 e. The second-order valence-electron chi connectivity index (χ2n) is 4.68. The molecule has 0 fully saturated rings. The zero-order chi connectivity index (χ0) is 14.5. The van der Waals surface area contributed by atoms with Gasteiger partial charge in [-0.3, -0.25) is 0 Å². The molecule has 0 heterocycles. The van der Waals surface area contributed by atoms with E-state index in [9.17, 15) is 0 Å². The second-order valence-corrected chi connectivity index (χ2v) is 5.49. The molecule has 0 saturated heterocycles. The molecule has 0 bridgehead atoms. The summed E-state index contributed by atoms with van der Waals surface area (Å²) >= 11 is 12.5. The summed E-state index contributed by atoms with van der Waals surface area (Å²) < 4.78 is 5.78. The van der Waals surface area contributed by atoms with Gasteiger partial charge in [-0.15, -0.1) is 0 Å². The summed E-state index contributed by atoms with van der Waals surface area (Å²) in [7, 11) is 0.